The van der Waals surface area contributed by atoms with Crippen molar-refractivity contribution in [3.05, 3.63) is 69.7 Å². The highest BCUT2D eigenvalue weighted by Gasteiger charge is 2.17. The minimum absolute atomic E-state index is 0.0840. The van der Waals surface area contributed by atoms with Crippen molar-refractivity contribution in [2.75, 3.05) is 5.75 Å². The molecule has 30 heavy (non-hydrogen) atoms. The van der Waals surface area contributed by atoms with Gasteiger partial charge in [-0.3, -0.25) is 9.36 Å². The standard InChI is InChI=1S/C22H18N4O2S2/c1-13(2)26-21(28)14-7-3-4-8-16(14)25-22(26)29-12-18(27)15(11-23)20-24-17-9-5-6-10-19(17)30-20/h3-10,13,27H,12H2,1-2H3. The minimum Gasteiger partial charge on any atom is -0.510 e. The van der Waals surface area contributed by atoms with E-state index in [0.717, 1.165) is 10.2 Å². The third-order valence-electron chi connectivity index (χ3n) is 4.54. The number of hydrogen-bond donors (Lipinski definition) is 1. The van der Waals surface area contributed by atoms with Crippen molar-refractivity contribution in [3.63, 3.8) is 0 Å². The largest absolute Gasteiger partial charge is 0.510 e. The van der Waals surface area contributed by atoms with Gasteiger partial charge in [-0.1, -0.05) is 36.0 Å². The molecule has 0 unspecified atom stereocenters. The van der Waals surface area contributed by atoms with Gasteiger partial charge in [0.1, 0.15) is 22.4 Å². The molecule has 0 aliphatic carbocycles. The number of aromatic nitrogens is 3. The van der Waals surface area contributed by atoms with Gasteiger partial charge >= 0.3 is 0 Å². The third kappa shape index (κ3) is 3.70. The number of nitrogens with zero attached hydrogens (tertiary/aromatic N) is 4. The van der Waals surface area contributed by atoms with E-state index in [1.807, 2.05) is 50.2 Å². The number of aliphatic hydroxyl groups excluding tert-OH is 1. The van der Waals surface area contributed by atoms with Crippen molar-refractivity contribution in [1.82, 2.24) is 14.5 Å². The Balaban J connectivity index is 1.71. The molecule has 4 aromatic rings. The summed E-state index contributed by atoms with van der Waals surface area (Å²) in [5.74, 6) is 0.0234. The van der Waals surface area contributed by atoms with E-state index in [1.54, 1.807) is 16.7 Å². The van der Waals surface area contributed by atoms with E-state index in [0.29, 0.717) is 21.1 Å². The second kappa shape index (κ2) is 8.30. The zero-order valence-electron chi connectivity index (χ0n) is 16.4. The zero-order chi connectivity index (χ0) is 21.3. The first kappa shape index (κ1) is 20.1. The monoisotopic (exact) mass is 434 g/mol. The molecule has 0 amide bonds. The summed E-state index contributed by atoms with van der Waals surface area (Å²) in [6, 6.07) is 16.8. The molecule has 4 rings (SSSR count). The SMILES string of the molecule is CC(C)n1c(SCC(O)=C(C#N)c2nc3ccccc3s2)nc2ccccc2c1=O. The molecular weight excluding hydrogens is 416 g/mol. The maximum atomic E-state index is 12.9. The Bertz CT molecular complexity index is 1350. The highest BCUT2D eigenvalue weighted by molar-refractivity contribution is 7.99. The number of allylic oxidation sites excluding steroid dienone is 1. The molecule has 2 heterocycles. The lowest BCUT2D eigenvalue weighted by Crippen LogP contribution is -2.25. The van der Waals surface area contributed by atoms with E-state index in [1.165, 1.54) is 23.1 Å². The highest BCUT2D eigenvalue weighted by Crippen LogP contribution is 2.30. The van der Waals surface area contributed by atoms with Crippen molar-refractivity contribution in [2.24, 2.45) is 0 Å². The Morgan fingerprint density at radius 3 is 2.57 bits per heavy atom. The topological polar surface area (TPSA) is 91.8 Å². The molecule has 150 valence electrons. The molecule has 0 aliphatic rings. The number of aliphatic hydroxyl groups is 1. The average molecular weight is 435 g/mol. The zero-order valence-corrected chi connectivity index (χ0v) is 18.0. The second-order valence-corrected chi connectivity index (χ2v) is 8.86. The summed E-state index contributed by atoms with van der Waals surface area (Å²) in [7, 11) is 0. The predicted octanol–water partition coefficient (Wildman–Crippen LogP) is 5.17. The third-order valence-corrected chi connectivity index (χ3v) is 6.56. The van der Waals surface area contributed by atoms with Crippen LogP contribution in [0.1, 0.15) is 24.9 Å². The normalized spacial score (nSPS) is 12.3. The Morgan fingerprint density at radius 2 is 1.87 bits per heavy atom. The van der Waals surface area contributed by atoms with Crippen LogP contribution in [0.2, 0.25) is 0 Å². The van der Waals surface area contributed by atoms with Crippen molar-refractivity contribution >= 4 is 49.8 Å². The van der Waals surface area contributed by atoms with Gasteiger partial charge in [0.25, 0.3) is 5.56 Å². The van der Waals surface area contributed by atoms with Crippen molar-refractivity contribution < 1.29 is 5.11 Å². The molecule has 0 atom stereocenters. The molecular formula is C22H18N4O2S2. The molecule has 8 heteroatoms. The molecule has 0 bridgehead atoms. The number of rotatable bonds is 5. The molecule has 0 aliphatic heterocycles. The molecule has 0 fully saturated rings. The lowest BCUT2D eigenvalue weighted by Gasteiger charge is -2.16. The Hall–Kier alpha value is -3.15. The molecule has 0 saturated carbocycles. The van der Waals surface area contributed by atoms with Gasteiger partial charge in [0.15, 0.2) is 5.16 Å². The van der Waals surface area contributed by atoms with E-state index in [2.05, 4.69) is 16.0 Å². The van der Waals surface area contributed by atoms with Gasteiger partial charge in [0.05, 0.1) is 26.9 Å². The number of thiazole rings is 1. The first-order chi connectivity index (χ1) is 14.5. The van der Waals surface area contributed by atoms with Crippen molar-refractivity contribution in [2.45, 2.75) is 25.0 Å². The van der Waals surface area contributed by atoms with Crippen molar-refractivity contribution in [1.29, 1.82) is 5.26 Å². The van der Waals surface area contributed by atoms with Crippen LogP contribution in [0.25, 0.3) is 26.7 Å². The summed E-state index contributed by atoms with van der Waals surface area (Å²) in [6.07, 6.45) is 0. The van der Waals surface area contributed by atoms with Gasteiger partial charge < -0.3 is 5.11 Å². The summed E-state index contributed by atoms with van der Waals surface area (Å²) in [6.45, 7) is 3.83. The fourth-order valence-electron chi connectivity index (χ4n) is 3.10. The number of fused-ring (bicyclic) bond motifs is 2. The fraction of sp³-hybridized carbons (Fsp3) is 0.182. The van der Waals surface area contributed by atoms with Crippen LogP contribution in [0, 0.1) is 11.3 Å². The first-order valence-electron chi connectivity index (χ1n) is 9.32. The second-order valence-electron chi connectivity index (χ2n) is 6.89. The van der Waals surface area contributed by atoms with Crippen LogP contribution >= 0.6 is 23.1 Å². The van der Waals surface area contributed by atoms with Gasteiger partial charge in [0, 0.05) is 6.04 Å². The maximum absolute atomic E-state index is 12.9. The van der Waals surface area contributed by atoms with E-state index in [4.69, 9.17) is 0 Å². The van der Waals surface area contributed by atoms with Crippen LogP contribution in [0.15, 0.2) is 64.2 Å². The number of hydrogen-bond acceptors (Lipinski definition) is 7. The van der Waals surface area contributed by atoms with E-state index in [9.17, 15) is 15.2 Å². The van der Waals surface area contributed by atoms with Gasteiger partial charge in [-0.2, -0.15) is 5.26 Å². The Labute approximate surface area is 181 Å². The molecule has 2 aromatic carbocycles. The molecule has 6 nitrogen and oxygen atoms in total. The quantitative estimate of drug-likeness (QED) is 0.202. The smallest absolute Gasteiger partial charge is 0.262 e. The molecule has 0 saturated heterocycles. The average Bonchev–Trinajstić information content (AvgIpc) is 3.16. The van der Waals surface area contributed by atoms with E-state index in [-0.39, 0.29) is 28.7 Å². The van der Waals surface area contributed by atoms with Gasteiger partial charge in [-0.25, -0.2) is 9.97 Å². The van der Waals surface area contributed by atoms with Gasteiger partial charge in [0.2, 0.25) is 0 Å². The lowest BCUT2D eigenvalue weighted by atomic mass is 10.2. The number of nitriles is 1. The van der Waals surface area contributed by atoms with Crippen LogP contribution in [0.5, 0.6) is 0 Å². The first-order valence-corrected chi connectivity index (χ1v) is 11.1. The van der Waals surface area contributed by atoms with Crippen LogP contribution in [0.3, 0.4) is 0 Å². The molecule has 0 spiro atoms. The van der Waals surface area contributed by atoms with Crippen LogP contribution in [0.4, 0.5) is 0 Å². The summed E-state index contributed by atoms with van der Waals surface area (Å²) >= 11 is 2.59. The Kier molecular flexibility index (Phi) is 5.57. The predicted molar refractivity (Wildman–Crippen MR) is 122 cm³/mol. The maximum Gasteiger partial charge on any atom is 0.262 e. The lowest BCUT2D eigenvalue weighted by molar-refractivity contribution is 0.420. The van der Waals surface area contributed by atoms with Gasteiger partial charge in [-0.15, -0.1) is 11.3 Å². The minimum atomic E-state index is -0.117. The van der Waals surface area contributed by atoms with Crippen LogP contribution < -0.4 is 5.56 Å². The van der Waals surface area contributed by atoms with E-state index < -0.39 is 0 Å². The molecule has 1 N–H and O–H groups in total. The number of benzene rings is 2. The summed E-state index contributed by atoms with van der Waals surface area (Å²) in [4.78, 5) is 22.0. The van der Waals surface area contributed by atoms with Gasteiger partial charge in [-0.05, 0) is 38.1 Å². The van der Waals surface area contributed by atoms with Crippen LogP contribution in [-0.2, 0) is 0 Å². The summed E-state index contributed by atoms with van der Waals surface area (Å²) in [5, 5.41) is 21.8. The fourth-order valence-corrected chi connectivity index (χ4v) is 5.09. The summed E-state index contributed by atoms with van der Waals surface area (Å²) in [5.41, 5.74) is 1.42. The van der Waals surface area contributed by atoms with E-state index >= 15 is 0 Å². The molecule has 0 radical (unpaired) electrons. The summed E-state index contributed by atoms with van der Waals surface area (Å²) < 4.78 is 2.56. The number of thioether (sulfide) groups is 1. The molecule has 2 aromatic heterocycles. The highest BCUT2D eigenvalue weighted by atomic mass is 32.2. The van der Waals surface area contributed by atoms with Crippen LogP contribution in [-0.4, -0.2) is 25.4 Å². The van der Waals surface area contributed by atoms with Crippen molar-refractivity contribution in [3.8, 4) is 6.07 Å². The Morgan fingerprint density at radius 1 is 1.17 bits per heavy atom. The number of para-hydroxylation sites is 2.